The fourth-order valence-electron chi connectivity index (χ4n) is 2.47. The van der Waals surface area contributed by atoms with E-state index in [2.05, 4.69) is 25.7 Å². The molecule has 2 N–H and O–H groups in total. The summed E-state index contributed by atoms with van der Waals surface area (Å²) in [5, 5.41) is 0. The van der Waals surface area contributed by atoms with Gasteiger partial charge in [0.1, 0.15) is 5.82 Å². The highest BCUT2D eigenvalue weighted by molar-refractivity contribution is 5.55. The summed E-state index contributed by atoms with van der Waals surface area (Å²) < 4.78 is 13.5. The third kappa shape index (κ3) is 4.78. The van der Waals surface area contributed by atoms with Crippen molar-refractivity contribution in [2.75, 3.05) is 11.4 Å². The molecule has 2 unspecified atom stereocenters. The van der Waals surface area contributed by atoms with Crippen LogP contribution < -0.4 is 10.6 Å². The lowest BCUT2D eigenvalue weighted by Gasteiger charge is -2.33. The summed E-state index contributed by atoms with van der Waals surface area (Å²) >= 11 is 0. The zero-order valence-electron chi connectivity index (χ0n) is 13.3. The highest BCUT2D eigenvalue weighted by atomic mass is 19.1. The molecule has 0 fully saturated rings. The second-order valence-electron chi connectivity index (χ2n) is 5.76. The molecule has 114 valence electrons. The number of benzene rings is 1. The van der Waals surface area contributed by atoms with Gasteiger partial charge >= 0.3 is 0 Å². The molecule has 0 aliphatic heterocycles. The minimum atomic E-state index is -0.177. The van der Waals surface area contributed by atoms with Gasteiger partial charge in [0.2, 0.25) is 0 Å². The quantitative estimate of drug-likeness (QED) is 0.776. The topological polar surface area (TPSA) is 29.3 Å². The van der Waals surface area contributed by atoms with Crippen LogP contribution in [0.15, 0.2) is 18.2 Å². The van der Waals surface area contributed by atoms with Gasteiger partial charge in [-0.05, 0) is 56.9 Å². The Bertz CT molecular complexity index is 404. The van der Waals surface area contributed by atoms with Gasteiger partial charge in [0, 0.05) is 24.3 Å². The molecular weight excluding hydrogens is 251 g/mol. The van der Waals surface area contributed by atoms with Crippen LogP contribution in [0.2, 0.25) is 0 Å². The first-order valence-electron chi connectivity index (χ1n) is 7.80. The molecule has 0 spiro atoms. The third-order valence-electron chi connectivity index (χ3n) is 3.77. The first kappa shape index (κ1) is 17.0. The molecule has 1 aromatic carbocycles. The first-order chi connectivity index (χ1) is 9.49. The average Bonchev–Trinajstić information content (AvgIpc) is 2.40. The monoisotopic (exact) mass is 280 g/mol. The Kier molecular flexibility index (Phi) is 7.00. The predicted octanol–water partition coefficient (Wildman–Crippen LogP) is 4.12. The van der Waals surface area contributed by atoms with Crippen molar-refractivity contribution in [2.45, 2.75) is 65.5 Å². The van der Waals surface area contributed by atoms with Crippen LogP contribution in [0.1, 0.15) is 52.5 Å². The molecule has 2 atom stereocenters. The zero-order valence-corrected chi connectivity index (χ0v) is 13.3. The van der Waals surface area contributed by atoms with E-state index < -0.39 is 0 Å². The van der Waals surface area contributed by atoms with Crippen LogP contribution in [0.3, 0.4) is 0 Å². The van der Waals surface area contributed by atoms with Crippen molar-refractivity contribution >= 4 is 5.69 Å². The molecule has 1 rings (SSSR count). The number of rotatable bonds is 8. The number of nitrogens with two attached hydrogens (primary N) is 1. The number of anilines is 1. The van der Waals surface area contributed by atoms with Crippen LogP contribution in [0.4, 0.5) is 10.1 Å². The second kappa shape index (κ2) is 8.25. The third-order valence-corrected chi connectivity index (χ3v) is 3.77. The number of hydrogen-bond donors (Lipinski definition) is 1. The van der Waals surface area contributed by atoms with E-state index in [1.54, 1.807) is 12.1 Å². The fraction of sp³-hybridized carbons (Fsp3) is 0.647. The summed E-state index contributed by atoms with van der Waals surface area (Å²) in [6, 6.07) is 5.61. The molecule has 0 aromatic heterocycles. The molecule has 0 bridgehead atoms. The van der Waals surface area contributed by atoms with Crippen LogP contribution >= 0.6 is 0 Å². The van der Waals surface area contributed by atoms with Gasteiger partial charge in [-0.15, -0.1) is 0 Å². The van der Waals surface area contributed by atoms with Crippen molar-refractivity contribution in [1.82, 2.24) is 0 Å². The minimum absolute atomic E-state index is 0.0421. The molecular formula is C17H29FN2. The van der Waals surface area contributed by atoms with Crippen LogP contribution in [-0.2, 0) is 6.42 Å². The Balaban J connectivity index is 3.09. The van der Waals surface area contributed by atoms with E-state index in [4.69, 9.17) is 5.73 Å². The zero-order chi connectivity index (χ0) is 15.1. The highest BCUT2D eigenvalue weighted by Gasteiger charge is 2.17. The van der Waals surface area contributed by atoms with E-state index in [-0.39, 0.29) is 11.9 Å². The molecule has 0 aliphatic rings. The van der Waals surface area contributed by atoms with Crippen molar-refractivity contribution in [2.24, 2.45) is 5.73 Å². The number of halogens is 1. The van der Waals surface area contributed by atoms with Gasteiger partial charge < -0.3 is 10.6 Å². The van der Waals surface area contributed by atoms with Gasteiger partial charge in [-0.2, -0.15) is 0 Å². The molecule has 1 aromatic rings. The molecule has 0 radical (unpaired) electrons. The van der Waals surface area contributed by atoms with Crippen molar-refractivity contribution in [3.8, 4) is 0 Å². The molecule has 0 heterocycles. The second-order valence-corrected chi connectivity index (χ2v) is 5.76. The van der Waals surface area contributed by atoms with Crippen molar-refractivity contribution in [3.05, 3.63) is 29.6 Å². The molecule has 0 amide bonds. The van der Waals surface area contributed by atoms with Gasteiger partial charge in [0.15, 0.2) is 0 Å². The van der Waals surface area contributed by atoms with Crippen LogP contribution in [-0.4, -0.2) is 18.6 Å². The molecule has 3 heteroatoms. The number of hydrogen-bond acceptors (Lipinski definition) is 2. The van der Waals surface area contributed by atoms with E-state index in [1.165, 1.54) is 0 Å². The lowest BCUT2D eigenvalue weighted by molar-refractivity contribution is 0.587. The molecule has 20 heavy (non-hydrogen) atoms. The predicted molar refractivity (Wildman–Crippen MR) is 85.8 cm³/mol. The standard InChI is InChI=1S/C17H29FN2/c1-5-7-10-20(14(4)6-2)17-9-8-16(18)12-15(17)11-13(3)19/h8-9,12-14H,5-7,10-11,19H2,1-4H3. The van der Waals surface area contributed by atoms with E-state index in [1.807, 2.05) is 13.0 Å². The van der Waals surface area contributed by atoms with Crippen molar-refractivity contribution in [3.63, 3.8) is 0 Å². The summed E-state index contributed by atoms with van der Waals surface area (Å²) in [4.78, 5) is 2.40. The van der Waals surface area contributed by atoms with Gasteiger partial charge in [-0.1, -0.05) is 20.3 Å². The van der Waals surface area contributed by atoms with Gasteiger partial charge in [0.05, 0.1) is 0 Å². The minimum Gasteiger partial charge on any atom is -0.369 e. The summed E-state index contributed by atoms with van der Waals surface area (Å²) in [5.74, 6) is -0.177. The van der Waals surface area contributed by atoms with E-state index >= 15 is 0 Å². The fourth-order valence-corrected chi connectivity index (χ4v) is 2.47. The summed E-state index contributed by atoms with van der Waals surface area (Å²) in [5.41, 5.74) is 8.08. The Morgan fingerprint density at radius 2 is 1.95 bits per heavy atom. The van der Waals surface area contributed by atoms with Crippen molar-refractivity contribution < 1.29 is 4.39 Å². The normalized spacial score (nSPS) is 14.1. The Morgan fingerprint density at radius 3 is 2.50 bits per heavy atom. The Labute approximate surface area is 123 Å². The molecule has 2 nitrogen and oxygen atoms in total. The maximum atomic E-state index is 13.5. The van der Waals surface area contributed by atoms with Crippen LogP contribution in [0.25, 0.3) is 0 Å². The molecule has 0 saturated carbocycles. The first-order valence-corrected chi connectivity index (χ1v) is 7.80. The average molecular weight is 280 g/mol. The molecule has 0 aliphatic carbocycles. The lowest BCUT2D eigenvalue weighted by Crippen LogP contribution is -2.35. The smallest absolute Gasteiger partial charge is 0.123 e. The highest BCUT2D eigenvalue weighted by Crippen LogP contribution is 2.26. The Morgan fingerprint density at radius 1 is 1.25 bits per heavy atom. The molecule has 0 saturated heterocycles. The van der Waals surface area contributed by atoms with Crippen LogP contribution in [0.5, 0.6) is 0 Å². The van der Waals surface area contributed by atoms with Gasteiger partial charge in [-0.25, -0.2) is 4.39 Å². The lowest BCUT2D eigenvalue weighted by atomic mass is 10.0. The van der Waals surface area contributed by atoms with E-state index in [0.717, 1.165) is 37.1 Å². The SMILES string of the molecule is CCCCN(c1ccc(F)cc1CC(C)N)C(C)CC. The summed E-state index contributed by atoms with van der Waals surface area (Å²) in [6.45, 7) is 9.60. The van der Waals surface area contributed by atoms with Gasteiger partial charge in [-0.3, -0.25) is 0 Å². The van der Waals surface area contributed by atoms with E-state index in [0.29, 0.717) is 12.5 Å². The number of unbranched alkanes of at least 4 members (excludes halogenated alkanes) is 1. The number of nitrogens with zero attached hydrogens (tertiary/aromatic N) is 1. The Hall–Kier alpha value is -1.09. The van der Waals surface area contributed by atoms with Crippen LogP contribution in [0, 0.1) is 5.82 Å². The maximum absolute atomic E-state index is 13.5. The maximum Gasteiger partial charge on any atom is 0.123 e. The largest absolute Gasteiger partial charge is 0.369 e. The van der Waals surface area contributed by atoms with Gasteiger partial charge in [0.25, 0.3) is 0 Å². The summed E-state index contributed by atoms with van der Waals surface area (Å²) in [6.07, 6.45) is 4.11. The summed E-state index contributed by atoms with van der Waals surface area (Å²) in [7, 11) is 0. The van der Waals surface area contributed by atoms with E-state index in [9.17, 15) is 4.39 Å². The van der Waals surface area contributed by atoms with Crippen molar-refractivity contribution in [1.29, 1.82) is 0 Å².